The number of nitrogens with zero attached hydrogens (tertiary/aromatic N) is 2. The molecule has 2 heterocycles. The van der Waals surface area contributed by atoms with E-state index in [1.807, 2.05) is 0 Å². The van der Waals surface area contributed by atoms with E-state index in [0.29, 0.717) is 17.0 Å². The summed E-state index contributed by atoms with van der Waals surface area (Å²) in [6.07, 6.45) is 4.02. The zero-order valence-electron chi connectivity index (χ0n) is 22.0. The van der Waals surface area contributed by atoms with Crippen LogP contribution in [0, 0.1) is 17.8 Å². The van der Waals surface area contributed by atoms with E-state index in [2.05, 4.69) is 24.1 Å². The highest BCUT2D eigenvalue weighted by atomic mass is 32.2. The van der Waals surface area contributed by atoms with Gasteiger partial charge in [0, 0.05) is 18.0 Å². The number of aromatic nitrogens is 1. The van der Waals surface area contributed by atoms with E-state index >= 15 is 0 Å². The van der Waals surface area contributed by atoms with Crippen LogP contribution in [0.2, 0.25) is 0 Å². The number of hydrogen-bond donors (Lipinski definition) is 1. The van der Waals surface area contributed by atoms with E-state index in [9.17, 15) is 18.0 Å². The van der Waals surface area contributed by atoms with Gasteiger partial charge < -0.3 is 10.1 Å². The van der Waals surface area contributed by atoms with Gasteiger partial charge in [-0.2, -0.15) is 0 Å². The van der Waals surface area contributed by atoms with E-state index in [1.54, 1.807) is 31.2 Å². The molecule has 1 aliphatic heterocycles. The number of amides is 1. The number of esters is 1. The number of carbonyl (C=O) groups excluding carboxylic acids is 2. The maximum atomic E-state index is 12.7. The van der Waals surface area contributed by atoms with Crippen molar-refractivity contribution in [3.8, 4) is 0 Å². The van der Waals surface area contributed by atoms with Gasteiger partial charge >= 0.3 is 5.97 Å². The largest absolute Gasteiger partial charge is 0.469 e. The van der Waals surface area contributed by atoms with Gasteiger partial charge in [0.25, 0.3) is 0 Å². The highest BCUT2D eigenvalue weighted by Gasteiger charge is 2.38. The van der Waals surface area contributed by atoms with E-state index in [-0.39, 0.29) is 40.9 Å². The van der Waals surface area contributed by atoms with E-state index in [1.165, 1.54) is 23.3 Å². The highest BCUT2D eigenvalue weighted by Crippen LogP contribution is 2.43. The fourth-order valence-electron chi connectivity index (χ4n) is 5.54. The summed E-state index contributed by atoms with van der Waals surface area (Å²) < 4.78 is 28.9. The number of fused-ring (bicyclic) bond motifs is 1. The summed E-state index contributed by atoms with van der Waals surface area (Å²) in [5.74, 6) is 0.788. The molecule has 202 valence electrons. The number of thiazole rings is 1. The van der Waals surface area contributed by atoms with Gasteiger partial charge in [0.2, 0.25) is 5.91 Å². The number of benzene rings is 1. The van der Waals surface area contributed by atoms with Crippen molar-refractivity contribution in [1.82, 2.24) is 9.88 Å². The molecule has 1 aromatic heterocycles. The molecule has 4 rings (SSSR count). The Hall–Kier alpha value is -2.30. The molecule has 2 aliphatic rings. The molecule has 0 unspecified atom stereocenters. The quantitative estimate of drug-likeness (QED) is 0.457. The molecule has 37 heavy (non-hydrogen) atoms. The smallest absolute Gasteiger partial charge is 0.308 e. The molecule has 1 aromatic carbocycles. The Morgan fingerprint density at radius 2 is 1.84 bits per heavy atom. The zero-order valence-corrected chi connectivity index (χ0v) is 23.7. The standard InChI is InChI=1S/C27H37N3O5S2/c1-5-37(33,34)21-12-8-18(9-13-21)14-23(31)28-27-29-24-22(36-27)16-30(25(24)17(2)3)15-19-6-10-20(11-7-19)26(32)35-4/h8-9,12-13,17,19-20,25H,5-7,10-11,14-16H2,1-4H3,(H,28,29,31)/t19?,20?,25-/m0/s1. The zero-order chi connectivity index (χ0) is 26.7. The van der Waals surface area contributed by atoms with Crippen molar-refractivity contribution in [1.29, 1.82) is 0 Å². The maximum Gasteiger partial charge on any atom is 0.308 e. The number of rotatable bonds is 9. The van der Waals surface area contributed by atoms with Gasteiger partial charge in [-0.25, -0.2) is 13.4 Å². The highest BCUT2D eigenvalue weighted by molar-refractivity contribution is 7.91. The monoisotopic (exact) mass is 547 g/mol. The SMILES string of the molecule is CCS(=O)(=O)c1ccc(CC(=O)Nc2nc3c(s2)CN(CC2CCC(C(=O)OC)CC2)[C@H]3C(C)C)cc1. The minimum atomic E-state index is -3.26. The van der Waals surface area contributed by atoms with Gasteiger partial charge in [-0.15, -0.1) is 11.3 Å². The molecule has 1 saturated carbocycles. The van der Waals surface area contributed by atoms with Crippen molar-refractivity contribution >= 4 is 38.2 Å². The van der Waals surface area contributed by atoms with E-state index < -0.39 is 9.84 Å². The van der Waals surface area contributed by atoms with Gasteiger partial charge in [0.05, 0.1) is 41.8 Å². The molecule has 0 saturated heterocycles. The van der Waals surface area contributed by atoms with Crippen LogP contribution in [0.5, 0.6) is 0 Å². The minimum absolute atomic E-state index is 0.0393. The number of nitrogens with one attached hydrogen (secondary N) is 1. The molecule has 1 atom stereocenters. The third kappa shape index (κ3) is 6.41. The topological polar surface area (TPSA) is 106 Å². The maximum absolute atomic E-state index is 12.7. The Morgan fingerprint density at radius 1 is 1.16 bits per heavy atom. The fourth-order valence-corrected chi connectivity index (χ4v) is 7.47. The Kier molecular flexibility index (Phi) is 8.70. The van der Waals surface area contributed by atoms with E-state index in [4.69, 9.17) is 9.72 Å². The number of anilines is 1. The average Bonchev–Trinajstić information content (AvgIpc) is 3.40. The molecule has 10 heteroatoms. The van der Waals surface area contributed by atoms with Crippen LogP contribution in [0.3, 0.4) is 0 Å². The molecular formula is C27H37N3O5S2. The summed E-state index contributed by atoms with van der Waals surface area (Å²) >= 11 is 1.54. The van der Waals surface area contributed by atoms with E-state index in [0.717, 1.165) is 50.0 Å². The molecule has 0 bridgehead atoms. The molecule has 1 N–H and O–H groups in total. The number of sulfone groups is 1. The molecule has 1 fully saturated rings. The summed E-state index contributed by atoms with van der Waals surface area (Å²) in [6, 6.07) is 6.71. The second-order valence-corrected chi connectivity index (χ2v) is 13.8. The molecule has 0 spiro atoms. The first kappa shape index (κ1) is 27.7. The third-order valence-electron chi connectivity index (χ3n) is 7.53. The van der Waals surface area contributed by atoms with Crippen molar-refractivity contribution in [2.75, 3.05) is 24.7 Å². The molecule has 8 nitrogen and oxygen atoms in total. The lowest BCUT2D eigenvalue weighted by Crippen LogP contribution is -2.34. The van der Waals surface area contributed by atoms with Gasteiger partial charge in [0.15, 0.2) is 15.0 Å². The second kappa shape index (κ2) is 11.6. The number of methoxy groups -OCH3 is 1. The van der Waals surface area contributed by atoms with Crippen molar-refractivity contribution < 1.29 is 22.7 Å². The summed E-state index contributed by atoms with van der Waals surface area (Å²) in [5, 5.41) is 3.56. The predicted molar refractivity (Wildman–Crippen MR) is 144 cm³/mol. The summed E-state index contributed by atoms with van der Waals surface area (Å²) in [4.78, 5) is 33.3. The number of ether oxygens (including phenoxy) is 1. The Morgan fingerprint density at radius 3 is 2.43 bits per heavy atom. The summed E-state index contributed by atoms with van der Waals surface area (Å²) in [6.45, 7) is 7.85. The van der Waals surface area contributed by atoms with Gasteiger partial charge in [-0.3, -0.25) is 14.5 Å². The Labute approximate surface area is 223 Å². The van der Waals surface area contributed by atoms with Crippen LogP contribution in [-0.2, 0) is 37.1 Å². The molecule has 1 amide bonds. The van der Waals surface area contributed by atoms with Crippen LogP contribution in [0.25, 0.3) is 0 Å². The lowest BCUT2D eigenvalue weighted by Gasteiger charge is -2.34. The predicted octanol–water partition coefficient (Wildman–Crippen LogP) is 4.61. The number of hydrogen-bond acceptors (Lipinski definition) is 8. The fraction of sp³-hybridized carbons (Fsp3) is 0.593. The molecule has 2 aromatic rings. The molecular weight excluding hydrogens is 510 g/mol. The molecule has 1 aliphatic carbocycles. The van der Waals surface area contributed by atoms with Crippen molar-refractivity contribution in [2.45, 2.75) is 70.4 Å². The van der Waals surface area contributed by atoms with Crippen LogP contribution >= 0.6 is 11.3 Å². The lowest BCUT2D eigenvalue weighted by molar-refractivity contribution is -0.146. The van der Waals surface area contributed by atoms with Gasteiger partial charge in [-0.1, -0.05) is 32.9 Å². The third-order valence-corrected chi connectivity index (χ3v) is 10.2. The van der Waals surface area contributed by atoms with Crippen molar-refractivity contribution in [3.05, 3.63) is 40.4 Å². The van der Waals surface area contributed by atoms with Crippen LogP contribution in [-0.4, -0.2) is 49.6 Å². The summed E-state index contributed by atoms with van der Waals surface area (Å²) in [5.41, 5.74) is 1.82. The average molecular weight is 548 g/mol. The van der Waals surface area contributed by atoms with Crippen LogP contribution in [0.4, 0.5) is 5.13 Å². The first-order valence-corrected chi connectivity index (χ1v) is 15.5. The lowest BCUT2D eigenvalue weighted by atomic mass is 9.81. The second-order valence-electron chi connectivity index (χ2n) is 10.5. The molecule has 0 radical (unpaired) electrons. The van der Waals surface area contributed by atoms with Crippen molar-refractivity contribution in [2.24, 2.45) is 17.8 Å². The van der Waals surface area contributed by atoms with Gasteiger partial charge in [0.1, 0.15) is 0 Å². The number of carbonyl (C=O) groups is 2. The van der Waals surface area contributed by atoms with Gasteiger partial charge in [-0.05, 0) is 55.2 Å². The first-order chi connectivity index (χ1) is 17.6. The Balaban J connectivity index is 1.35. The van der Waals surface area contributed by atoms with Crippen LogP contribution in [0.15, 0.2) is 29.2 Å². The normalized spacial score (nSPS) is 22.1. The van der Waals surface area contributed by atoms with Crippen LogP contribution in [0.1, 0.15) is 68.6 Å². The minimum Gasteiger partial charge on any atom is -0.469 e. The van der Waals surface area contributed by atoms with Crippen molar-refractivity contribution in [3.63, 3.8) is 0 Å². The first-order valence-electron chi connectivity index (χ1n) is 13.0. The summed E-state index contributed by atoms with van der Waals surface area (Å²) in [7, 11) is -1.79. The van der Waals surface area contributed by atoms with Crippen LogP contribution < -0.4 is 5.32 Å². The Bertz CT molecular complexity index is 1220.